The molecule has 0 aromatic rings. The number of carbonyl (C=O) groups is 1. The van der Waals surface area contributed by atoms with Crippen molar-refractivity contribution >= 4 is 16.0 Å². The highest BCUT2D eigenvalue weighted by Crippen LogP contribution is 2.35. The molecule has 94 valence electrons. The lowest BCUT2D eigenvalue weighted by Crippen LogP contribution is -2.57. The van der Waals surface area contributed by atoms with E-state index in [9.17, 15) is 13.2 Å². The van der Waals surface area contributed by atoms with Gasteiger partial charge in [0.25, 0.3) is 0 Å². The fourth-order valence-corrected chi connectivity index (χ4v) is 2.74. The van der Waals surface area contributed by atoms with E-state index in [0.29, 0.717) is 0 Å². The van der Waals surface area contributed by atoms with Crippen LogP contribution in [0.5, 0.6) is 0 Å². The van der Waals surface area contributed by atoms with Crippen molar-refractivity contribution in [2.24, 2.45) is 0 Å². The summed E-state index contributed by atoms with van der Waals surface area (Å²) in [5, 5.41) is 8.43. The van der Waals surface area contributed by atoms with Gasteiger partial charge in [0.05, 0.1) is 0 Å². The molecule has 0 unspecified atom stereocenters. The zero-order valence-corrected chi connectivity index (χ0v) is 10.4. The molecule has 0 aromatic heterocycles. The number of hydrogen-bond donors (Lipinski definition) is 2. The maximum Gasteiger partial charge on any atom is 0.320 e. The van der Waals surface area contributed by atoms with Crippen LogP contribution in [0.4, 0.5) is 0 Å². The van der Waals surface area contributed by atoms with Crippen LogP contribution < -0.4 is 4.72 Å². The number of carboxylic acid groups (broad SMARTS) is 1. The molecule has 0 amide bonds. The fraction of sp³-hybridized carbons (Fsp3) is 0.889. The first kappa shape index (κ1) is 13.4. The molecule has 1 aliphatic rings. The Hall–Kier alpha value is -0.660. The van der Waals surface area contributed by atoms with Crippen molar-refractivity contribution < 1.29 is 18.3 Å². The highest BCUT2D eigenvalue weighted by atomic mass is 32.2. The molecule has 1 aliphatic carbocycles. The Morgan fingerprint density at radius 3 is 2.31 bits per heavy atom. The average Bonchev–Trinajstić information content (AvgIpc) is 1.97. The van der Waals surface area contributed by atoms with Gasteiger partial charge in [0.1, 0.15) is 0 Å². The van der Waals surface area contributed by atoms with Crippen LogP contribution in [0.1, 0.15) is 19.3 Å². The summed E-state index contributed by atoms with van der Waals surface area (Å²) in [7, 11) is 0.115. The van der Waals surface area contributed by atoms with Crippen LogP contribution in [0.2, 0.25) is 0 Å². The van der Waals surface area contributed by atoms with E-state index in [4.69, 9.17) is 5.11 Å². The molecule has 0 bridgehead atoms. The van der Waals surface area contributed by atoms with Crippen LogP contribution in [0.3, 0.4) is 0 Å². The van der Waals surface area contributed by atoms with Crippen molar-refractivity contribution in [1.82, 2.24) is 9.62 Å². The van der Waals surface area contributed by atoms with E-state index >= 15 is 0 Å². The second-order valence-electron chi connectivity index (χ2n) is 4.45. The number of hydrogen-bond acceptors (Lipinski definition) is 4. The summed E-state index contributed by atoms with van der Waals surface area (Å²) in [5.41, 5.74) is -0.133. The van der Waals surface area contributed by atoms with Crippen LogP contribution in [0.15, 0.2) is 0 Å². The summed E-state index contributed by atoms with van der Waals surface area (Å²) in [5.74, 6) is -2.20. The molecule has 1 rings (SSSR count). The van der Waals surface area contributed by atoms with Gasteiger partial charge >= 0.3 is 5.97 Å². The lowest BCUT2D eigenvalue weighted by atomic mass is 9.76. The van der Waals surface area contributed by atoms with Gasteiger partial charge in [-0.15, -0.1) is 0 Å². The normalized spacial score (nSPS) is 19.4. The van der Waals surface area contributed by atoms with E-state index in [-0.39, 0.29) is 12.1 Å². The third kappa shape index (κ3) is 3.16. The molecule has 0 spiro atoms. The van der Waals surface area contributed by atoms with Crippen LogP contribution in [-0.2, 0) is 14.8 Å². The molecule has 7 heteroatoms. The number of sulfonamides is 1. The Morgan fingerprint density at radius 1 is 1.44 bits per heavy atom. The molecule has 0 aliphatic heterocycles. The zero-order chi connectivity index (χ0) is 12.4. The Labute approximate surface area is 95.7 Å². The molecule has 0 atom stereocenters. The van der Waals surface area contributed by atoms with Crippen molar-refractivity contribution in [3.8, 4) is 0 Å². The summed E-state index contributed by atoms with van der Waals surface area (Å²) >= 11 is 0. The molecular weight excluding hydrogens is 232 g/mol. The molecule has 2 N–H and O–H groups in total. The molecule has 16 heavy (non-hydrogen) atoms. The lowest BCUT2D eigenvalue weighted by Gasteiger charge is -2.47. The van der Waals surface area contributed by atoms with E-state index in [0.717, 1.165) is 19.3 Å². The number of carboxylic acids is 1. The largest absolute Gasteiger partial charge is 0.480 e. The van der Waals surface area contributed by atoms with Crippen molar-refractivity contribution in [3.63, 3.8) is 0 Å². The summed E-state index contributed by atoms with van der Waals surface area (Å²) in [6.07, 6.45) is 2.96. The van der Waals surface area contributed by atoms with Crippen molar-refractivity contribution in [3.05, 3.63) is 0 Å². The highest BCUT2D eigenvalue weighted by molar-refractivity contribution is 7.90. The topological polar surface area (TPSA) is 86.7 Å². The van der Waals surface area contributed by atoms with Gasteiger partial charge in [0, 0.05) is 12.1 Å². The zero-order valence-electron chi connectivity index (χ0n) is 9.56. The number of nitrogens with one attached hydrogen (secondary N) is 1. The number of aliphatic carboxylic acids is 1. The number of likely N-dealkylation sites (N-methyl/N-ethyl adjacent to an activating group) is 1. The van der Waals surface area contributed by atoms with Gasteiger partial charge in [-0.25, -0.2) is 13.1 Å². The van der Waals surface area contributed by atoms with Gasteiger partial charge in [-0.05, 0) is 33.4 Å². The van der Waals surface area contributed by atoms with E-state index in [1.165, 1.54) is 0 Å². The van der Waals surface area contributed by atoms with Gasteiger partial charge in [0.2, 0.25) is 10.0 Å². The van der Waals surface area contributed by atoms with Gasteiger partial charge in [-0.1, -0.05) is 0 Å². The second-order valence-corrected chi connectivity index (χ2v) is 6.25. The Balaban J connectivity index is 2.53. The van der Waals surface area contributed by atoms with Crippen LogP contribution >= 0.6 is 0 Å². The minimum absolute atomic E-state index is 0.133. The summed E-state index contributed by atoms with van der Waals surface area (Å²) < 4.78 is 25.0. The summed E-state index contributed by atoms with van der Waals surface area (Å²) in [6.45, 7) is 0.287. The molecular formula is C9H18N2O4S. The molecule has 0 radical (unpaired) electrons. The Bertz CT molecular complexity index is 360. The number of nitrogens with zero attached hydrogens (tertiary/aromatic N) is 1. The predicted octanol–water partition coefficient (Wildman–Crippen LogP) is -0.525. The number of rotatable bonds is 6. The minimum Gasteiger partial charge on any atom is -0.480 e. The van der Waals surface area contributed by atoms with Gasteiger partial charge in [0.15, 0.2) is 5.75 Å². The SMILES string of the molecule is CN(C)C1(CNS(=O)(=O)CC(=O)O)CCC1. The average molecular weight is 250 g/mol. The minimum atomic E-state index is -3.70. The highest BCUT2D eigenvalue weighted by Gasteiger charge is 2.39. The van der Waals surface area contributed by atoms with Gasteiger partial charge < -0.3 is 10.0 Å². The van der Waals surface area contributed by atoms with E-state index in [1.807, 2.05) is 19.0 Å². The van der Waals surface area contributed by atoms with Crippen molar-refractivity contribution in [2.45, 2.75) is 24.8 Å². The second kappa shape index (κ2) is 4.68. The van der Waals surface area contributed by atoms with Crippen LogP contribution in [-0.4, -0.2) is 56.3 Å². The Morgan fingerprint density at radius 2 is 2.00 bits per heavy atom. The molecule has 0 aromatic carbocycles. The van der Waals surface area contributed by atoms with E-state index in [1.54, 1.807) is 0 Å². The first-order chi connectivity index (χ1) is 7.27. The maximum atomic E-state index is 11.3. The predicted molar refractivity (Wildman–Crippen MR) is 59.7 cm³/mol. The molecule has 0 heterocycles. The summed E-state index contributed by atoms with van der Waals surface area (Å²) in [4.78, 5) is 12.3. The molecule has 1 fully saturated rings. The third-order valence-electron chi connectivity index (χ3n) is 3.17. The van der Waals surface area contributed by atoms with E-state index < -0.39 is 21.7 Å². The monoisotopic (exact) mass is 250 g/mol. The first-order valence-corrected chi connectivity index (χ1v) is 6.79. The maximum absolute atomic E-state index is 11.3. The lowest BCUT2D eigenvalue weighted by molar-refractivity contribution is -0.134. The van der Waals surface area contributed by atoms with Crippen molar-refractivity contribution in [2.75, 3.05) is 26.4 Å². The van der Waals surface area contributed by atoms with Crippen molar-refractivity contribution in [1.29, 1.82) is 0 Å². The summed E-state index contributed by atoms with van der Waals surface area (Å²) in [6, 6.07) is 0. The molecule has 0 saturated heterocycles. The third-order valence-corrected chi connectivity index (χ3v) is 4.38. The van der Waals surface area contributed by atoms with Crippen LogP contribution in [0, 0.1) is 0 Å². The van der Waals surface area contributed by atoms with Gasteiger partial charge in [-0.3, -0.25) is 4.79 Å². The fourth-order valence-electron chi connectivity index (χ4n) is 1.82. The standard InChI is InChI=1S/C9H18N2O4S/c1-11(2)9(4-3-5-9)7-10-16(14,15)6-8(12)13/h10H,3-7H2,1-2H3,(H,12,13). The smallest absolute Gasteiger partial charge is 0.320 e. The first-order valence-electron chi connectivity index (χ1n) is 5.14. The molecule has 1 saturated carbocycles. The molecule has 6 nitrogen and oxygen atoms in total. The van der Waals surface area contributed by atoms with Crippen LogP contribution in [0.25, 0.3) is 0 Å². The Kier molecular flexibility index (Phi) is 3.92. The van der Waals surface area contributed by atoms with Gasteiger partial charge in [-0.2, -0.15) is 0 Å². The van der Waals surface area contributed by atoms with E-state index in [2.05, 4.69) is 4.72 Å². The quantitative estimate of drug-likeness (QED) is 0.662.